The highest BCUT2D eigenvalue weighted by atomic mass is 32.2. The van der Waals surface area contributed by atoms with Crippen molar-refractivity contribution in [3.05, 3.63) is 58.9 Å². The molecular weight excluding hydrogens is 390 g/mol. The highest BCUT2D eigenvalue weighted by molar-refractivity contribution is 8.00. The molecule has 1 atom stereocenters. The number of thioether (sulfide) groups is 1. The number of benzene rings is 2. The Bertz CT molecular complexity index is 1050. The predicted molar refractivity (Wildman–Crippen MR) is 114 cm³/mol. The molecule has 152 valence electrons. The second-order valence-electron chi connectivity index (χ2n) is 6.29. The maximum Gasteiger partial charge on any atom is 0.266 e. The van der Waals surface area contributed by atoms with Crippen LogP contribution in [0.4, 0.5) is 0 Å². The number of fused-ring (bicyclic) bond motifs is 1. The normalized spacial score (nSPS) is 12.0. The van der Waals surface area contributed by atoms with Crippen LogP contribution in [0.1, 0.15) is 6.92 Å². The zero-order valence-corrected chi connectivity index (χ0v) is 17.4. The van der Waals surface area contributed by atoms with Crippen LogP contribution in [-0.4, -0.2) is 48.1 Å². The Morgan fingerprint density at radius 2 is 1.90 bits per heavy atom. The lowest BCUT2D eigenvalue weighted by Crippen LogP contribution is -2.34. The maximum atomic E-state index is 13.2. The molecule has 29 heavy (non-hydrogen) atoms. The number of hydrogen-bond acceptors (Lipinski definition) is 6. The summed E-state index contributed by atoms with van der Waals surface area (Å²) in [7, 11) is 3.17. The van der Waals surface area contributed by atoms with Gasteiger partial charge in [0.2, 0.25) is 5.91 Å². The molecule has 1 heterocycles. The standard InChI is InChI=1S/C21H23N3O4S/c1-14(19(25)22-12-13-27-2)29-21-23-18-7-5-4-6-17(18)20(26)24(21)15-8-10-16(28-3)11-9-15/h4-11,14H,12-13H2,1-3H3,(H,22,25)/t14-/m1/s1. The summed E-state index contributed by atoms with van der Waals surface area (Å²) in [6.45, 7) is 2.65. The molecule has 1 N–H and O–H groups in total. The van der Waals surface area contributed by atoms with E-state index in [0.29, 0.717) is 40.6 Å². The van der Waals surface area contributed by atoms with Gasteiger partial charge in [0.25, 0.3) is 5.56 Å². The number of carbonyl (C=O) groups is 1. The van der Waals surface area contributed by atoms with E-state index in [9.17, 15) is 9.59 Å². The third kappa shape index (κ3) is 4.78. The van der Waals surface area contributed by atoms with E-state index in [0.717, 1.165) is 0 Å². The summed E-state index contributed by atoms with van der Waals surface area (Å²) in [6, 6.07) is 14.3. The lowest BCUT2D eigenvalue weighted by atomic mass is 10.2. The fourth-order valence-corrected chi connectivity index (χ4v) is 3.73. The van der Waals surface area contributed by atoms with Gasteiger partial charge in [-0.1, -0.05) is 23.9 Å². The van der Waals surface area contributed by atoms with Crippen LogP contribution < -0.4 is 15.6 Å². The minimum atomic E-state index is -0.440. The van der Waals surface area contributed by atoms with E-state index in [4.69, 9.17) is 9.47 Å². The topological polar surface area (TPSA) is 82.5 Å². The number of hydrogen-bond donors (Lipinski definition) is 1. The summed E-state index contributed by atoms with van der Waals surface area (Å²) in [5.41, 5.74) is 1.07. The third-order valence-electron chi connectivity index (χ3n) is 4.33. The number of rotatable bonds is 8. The Kier molecular flexibility index (Phi) is 6.90. The number of ether oxygens (including phenoxy) is 2. The van der Waals surface area contributed by atoms with Crippen LogP contribution >= 0.6 is 11.8 Å². The zero-order valence-electron chi connectivity index (χ0n) is 16.5. The summed E-state index contributed by atoms with van der Waals surface area (Å²) >= 11 is 1.24. The first-order valence-corrected chi connectivity index (χ1v) is 10.0. The summed E-state index contributed by atoms with van der Waals surface area (Å²) < 4.78 is 11.7. The monoisotopic (exact) mass is 413 g/mol. The maximum absolute atomic E-state index is 13.2. The number of amides is 1. The van der Waals surface area contributed by atoms with E-state index in [2.05, 4.69) is 10.3 Å². The van der Waals surface area contributed by atoms with Gasteiger partial charge in [-0.15, -0.1) is 0 Å². The Hall–Kier alpha value is -2.84. The van der Waals surface area contributed by atoms with Crippen LogP contribution in [0.2, 0.25) is 0 Å². The minimum Gasteiger partial charge on any atom is -0.497 e. The molecule has 1 aromatic heterocycles. The highest BCUT2D eigenvalue weighted by Gasteiger charge is 2.20. The van der Waals surface area contributed by atoms with Crippen molar-refractivity contribution in [3.8, 4) is 11.4 Å². The number of aromatic nitrogens is 2. The van der Waals surface area contributed by atoms with Crippen molar-refractivity contribution >= 4 is 28.6 Å². The SMILES string of the molecule is COCCNC(=O)[C@@H](C)Sc1nc2ccccc2c(=O)n1-c1ccc(OC)cc1. The molecular formula is C21H23N3O4S. The molecule has 0 aliphatic carbocycles. The first kappa shape index (κ1) is 20.9. The van der Waals surface area contributed by atoms with Crippen molar-refractivity contribution in [1.29, 1.82) is 0 Å². The van der Waals surface area contributed by atoms with Crippen LogP contribution in [0.25, 0.3) is 16.6 Å². The largest absolute Gasteiger partial charge is 0.497 e. The van der Waals surface area contributed by atoms with E-state index in [-0.39, 0.29) is 11.5 Å². The third-order valence-corrected chi connectivity index (χ3v) is 5.38. The molecule has 8 heteroatoms. The lowest BCUT2D eigenvalue weighted by molar-refractivity contribution is -0.120. The quantitative estimate of drug-likeness (QED) is 0.347. The molecule has 0 aliphatic heterocycles. The first-order chi connectivity index (χ1) is 14.0. The summed E-state index contributed by atoms with van der Waals surface area (Å²) in [6.07, 6.45) is 0. The van der Waals surface area contributed by atoms with Gasteiger partial charge in [-0.3, -0.25) is 14.2 Å². The van der Waals surface area contributed by atoms with E-state index in [1.54, 1.807) is 57.5 Å². The minimum absolute atomic E-state index is 0.143. The Balaban J connectivity index is 2.02. The average Bonchev–Trinajstić information content (AvgIpc) is 2.74. The summed E-state index contributed by atoms with van der Waals surface area (Å²) in [4.78, 5) is 30.3. The summed E-state index contributed by atoms with van der Waals surface area (Å²) in [5.74, 6) is 0.548. The van der Waals surface area contributed by atoms with Gasteiger partial charge in [0, 0.05) is 13.7 Å². The highest BCUT2D eigenvalue weighted by Crippen LogP contribution is 2.26. The number of para-hydroxylation sites is 1. The van der Waals surface area contributed by atoms with Crippen LogP contribution in [0, 0.1) is 0 Å². The van der Waals surface area contributed by atoms with E-state index < -0.39 is 5.25 Å². The number of nitrogens with one attached hydrogen (secondary N) is 1. The van der Waals surface area contributed by atoms with Crippen LogP contribution in [0.3, 0.4) is 0 Å². The van der Waals surface area contributed by atoms with Crippen LogP contribution in [-0.2, 0) is 9.53 Å². The second kappa shape index (κ2) is 9.58. The van der Waals surface area contributed by atoms with Gasteiger partial charge in [-0.05, 0) is 43.3 Å². The summed E-state index contributed by atoms with van der Waals surface area (Å²) in [5, 5.41) is 3.34. The van der Waals surface area contributed by atoms with Crippen molar-refractivity contribution < 1.29 is 14.3 Å². The first-order valence-electron chi connectivity index (χ1n) is 9.14. The molecule has 3 rings (SSSR count). The molecule has 0 saturated carbocycles. The second-order valence-corrected chi connectivity index (χ2v) is 7.60. The van der Waals surface area contributed by atoms with E-state index >= 15 is 0 Å². The lowest BCUT2D eigenvalue weighted by Gasteiger charge is -2.16. The molecule has 7 nitrogen and oxygen atoms in total. The Morgan fingerprint density at radius 1 is 1.17 bits per heavy atom. The van der Waals surface area contributed by atoms with Gasteiger partial charge >= 0.3 is 0 Å². The van der Waals surface area contributed by atoms with Crippen LogP contribution in [0.5, 0.6) is 5.75 Å². The Morgan fingerprint density at radius 3 is 2.59 bits per heavy atom. The van der Waals surface area contributed by atoms with Crippen molar-refractivity contribution in [3.63, 3.8) is 0 Å². The fourth-order valence-electron chi connectivity index (χ4n) is 2.78. The smallest absolute Gasteiger partial charge is 0.266 e. The molecule has 0 radical (unpaired) electrons. The zero-order chi connectivity index (χ0) is 20.8. The molecule has 2 aromatic carbocycles. The van der Waals surface area contributed by atoms with E-state index in [1.807, 2.05) is 12.1 Å². The van der Waals surface area contributed by atoms with Gasteiger partial charge in [0.1, 0.15) is 5.75 Å². The van der Waals surface area contributed by atoms with E-state index in [1.165, 1.54) is 16.3 Å². The number of nitrogens with zero attached hydrogens (tertiary/aromatic N) is 2. The molecule has 3 aromatic rings. The molecule has 0 aliphatic rings. The molecule has 0 spiro atoms. The number of methoxy groups -OCH3 is 2. The van der Waals surface area contributed by atoms with Gasteiger partial charge in [-0.2, -0.15) is 0 Å². The average molecular weight is 413 g/mol. The van der Waals surface area contributed by atoms with Crippen LogP contribution in [0.15, 0.2) is 58.5 Å². The fraction of sp³-hybridized carbons (Fsp3) is 0.286. The van der Waals surface area contributed by atoms with Crippen molar-refractivity contribution in [2.75, 3.05) is 27.4 Å². The van der Waals surface area contributed by atoms with Gasteiger partial charge in [0.15, 0.2) is 5.16 Å². The predicted octanol–water partition coefficient (Wildman–Crippen LogP) is 2.64. The molecule has 1 amide bonds. The van der Waals surface area contributed by atoms with Crippen molar-refractivity contribution in [2.24, 2.45) is 0 Å². The molecule has 0 bridgehead atoms. The van der Waals surface area contributed by atoms with Gasteiger partial charge < -0.3 is 14.8 Å². The van der Waals surface area contributed by atoms with Gasteiger partial charge in [0.05, 0.1) is 35.6 Å². The molecule has 0 unspecified atom stereocenters. The Labute approximate surface area is 173 Å². The van der Waals surface area contributed by atoms with Gasteiger partial charge in [-0.25, -0.2) is 4.98 Å². The molecule has 0 saturated heterocycles. The number of carbonyl (C=O) groups excluding carboxylic acids is 1. The molecule has 0 fully saturated rings. The van der Waals surface area contributed by atoms with Crippen molar-refractivity contribution in [1.82, 2.24) is 14.9 Å². The van der Waals surface area contributed by atoms with Crippen molar-refractivity contribution in [2.45, 2.75) is 17.3 Å².